The van der Waals surface area contributed by atoms with Crippen molar-refractivity contribution < 1.29 is 9.18 Å². The van der Waals surface area contributed by atoms with E-state index < -0.39 is 0 Å². The van der Waals surface area contributed by atoms with Gasteiger partial charge in [0.25, 0.3) is 5.91 Å². The van der Waals surface area contributed by atoms with Gasteiger partial charge in [-0.1, -0.05) is 18.2 Å². The second-order valence-corrected chi connectivity index (χ2v) is 5.76. The summed E-state index contributed by atoms with van der Waals surface area (Å²) in [5.74, 6) is -0.388. The number of carbonyl (C=O) groups is 1. The molecule has 0 fully saturated rings. The summed E-state index contributed by atoms with van der Waals surface area (Å²) in [4.78, 5) is 25.0. The van der Waals surface area contributed by atoms with Crippen LogP contribution in [0, 0.1) is 5.82 Å². The molecule has 0 aliphatic heterocycles. The molecule has 0 unspecified atom stereocenters. The molecule has 4 aromatic rings. The number of pyridine rings is 1. The number of para-hydroxylation sites is 1. The molecule has 0 aliphatic carbocycles. The fourth-order valence-corrected chi connectivity index (χ4v) is 2.57. The number of aromatic nitrogens is 3. The highest BCUT2D eigenvalue weighted by Crippen LogP contribution is 2.22. The van der Waals surface area contributed by atoms with Crippen LogP contribution in [0.1, 0.15) is 10.4 Å². The summed E-state index contributed by atoms with van der Waals surface area (Å²) in [6.07, 6.45) is 4.57. The molecule has 1 amide bonds. The Balaban J connectivity index is 1.50. The van der Waals surface area contributed by atoms with Crippen LogP contribution < -0.4 is 10.6 Å². The van der Waals surface area contributed by atoms with Gasteiger partial charge in [-0.25, -0.2) is 14.4 Å². The molecule has 0 bridgehead atoms. The molecular formula is C20H14FN5O. The van der Waals surface area contributed by atoms with E-state index in [1.807, 2.05) is 30.3 Å². The van der Waals surface area contributed by atoms with E-state index in [0.29, 0.717) is 17.2 Å². The first kappa shape index (κ1) is 16.6. The zero-order valence-corrected chi connectivity index (χ0v) is 14.1. The van der Waals surface area contributed by atoms with Crippen LogP contribution in [-0.4, -0.2) is 20.9 Å². The number of hydrogen-bond donors (Lipinski definition) is 2. The molecule has 2 N–H and O–H groups in total. The standard InChI is InChI=1S/C20H14FN5O/c21-15-6-8-16(9-7-15)25-19(27)14-11-23-20(24-12-14)26-17-5-1-3-13-4-2-10-22-18(13)17/h1-12H,(H,25,27)(H,23,24,26). The van der Waals surface area contributed by atoms with Gasteiger partial charge in [-0.05, 0) is 36.4 Å². The number of fused-ring (bicyclic) bond motifs is 1. The molecule has 132 valence electrons. The highest BCUT2D eigenvalue weighted by atomic mass is 19.1. The van der Waals surface area contributed by atoms with Crippen molar-refractivity contribution in [3.05, 3.63) is 84.6 Å². The molecule has 0 spiro atoms. The second-order valence-electron chi connectivity index (χ2n) is 5.76. The summed E-state index contributed by atoms with van der Waals surface area (Å²) < 4.78 is 12.9. The molecule has 27 heavy (non-hydrogen) atoms. The van der Waals surface area contributed by atoms with Gasteiger partial charge in [0.15, 0.2) is 0 Å². The summed E-state index contributed by atoms with van der Waals surface area (Å²) in [6, 6.07) is 15.1. The Morgan fingerprint density at radius 1 is 0.889 bits per heavy atom. The molecule has 6 nitrogen and oxygen atoms in total. The van der Waals surface area contributed by atoms with E-state index in [0.717, 1.165) is 16.6 Å². The van der Waals surface area contributed by atoms with Crippen LogP contribution in [-0.2, 0) is 0 Å². The summed E-state index contributed by atoms with van der Waals surface area (Å²) >= 11 is 0. The van der Waals surface area contributed by atoms with Gasteiger partial charge in [0.2, 0.25) is 5.95 Å². The maximum absolute atomic E-state index is 12.9. The first-order valence-corrected chi connectivity index (χ1v) is 8.19. The van der Waals surface area contributed by atoms with Gasteiger partial charge in [-0.15, -0.1) is 0 Å². The van der Waals surface area contributed by atoms with Gasteiger partial charge in [-0.3, -0.25) is 9.78 Å². The molecule has 0 saturated carbocycles. The molecule has 0 radical (unpaired) electrons. The quantitative estimate of drug-likeness (QED) is 0.572. The maximum Gasteiger partial charge on any atom is 0.258 e. The number of hydrogen-bond acceptors (Lipinski definition) is 5. The number of anilines is 3. The third-order valence-electron chi connectivity index (χ3n) is 3.90. The van der Waals surface area contributed by atoms with Crippen LogP contribution in [0.3, 0.4) is 0 Å². The van der Waals surface area contributed by atoms with Gasteiger partial charge in [0.1, 0.15) is 5.82 Å². The summed E-state index contributed by atoms with van der Waals surface area (Å²) in [5.41, 5.74) is 2.37. The zero-order valence-electron chi connectivity index (χ0n) is 14.1. The van der Waals surface area contributed by atoms with E-state index >= 15 is 0 Å². The molecule has 2 aromatic heterocycles. The van der Waals surface area contributed by atoms with Crippen molar-refractivity contribution >= 4 is 34.1 Å². The van der Waals surface area contributed by atoms with Crippen LogP contribution in [0.25, 0.3) is 10.9 Å². The summed E-state index contributed by atoms with van der Waals surface area (Å²) in [6.45, 7) is 0. The Morgan fingerprint density at radius 3 is 2.41 bits per heavy atom. The second kappa shape index (κ2) is 7.17. The van der Waals surface area contributed by atoms with Gasteiger partial charge in [0.05, 0.1) is 16.8 Å². The van der Waals surface area contributed by atoms with Crippen molar-refractivity contribution in [2.75, 3.05) is 10.6 Å². The molecule has 0 aliphatic rings. The fourth-order valence-electron chi connectivity index (χ4n) is 2.57. The lowest BCUT2D eigenvalue weighted by Gasteiger charge is -2.08. The lowest BCUT2D eigenvalue weighted by Crippen LogP contribution is -2.13. The van der Waals surface area contributed by atoms with Crippen LogP contribution in [0.2, 0.25) is 0 Å². The maximum atomic E-state index is 12.9. The van der Waals surface area contributed by atoms with Crippen LogP contribution in [0.4, 0.5) is 21.7 Å². The number of carbonyl (C=O) groups excluding carboxylic acids is 1. The molecule has 0 saturated heterocycles. The van der Waals surface area contributed by atoms with Gasteiger partial charge in [0, 0.05) is 29.7 Å². The van der Waals surface area contributed by atoms with Crippen molar-refractivity contribution in [2.45, 2.75) is 0 Å². The molecule has 2 heterocycles. The minimum absolute atomic E-state index is 0.293. The molecule has 2 aromatic carbocycles. The fraction of sp³-hybridized carbons (Fsp3) is 0. The Morgan fingerprint density at radius 2 is 1.63 bits per heavy atom. The average Bonchev–Trinajstić information content (AvgIpc) is 2.70. The van der Waals surface area contributed by atoms with E-state index in [4.69, 9.17) is 0 Å². The van der Waals surface area contributed by atoms with Crippen molar-refractivity contribution in [3.8, 4) is 0 Å². The number of halogens is 1. The number of rotatable bonds is 4. The lowest BCUT2D eigenvalue weighted by molar-refractivity contribution is 0.102. The number of benzene rings is 2. The summed E-state index contributed by atoms with van der Waals surface area (Å²) in [5, 5.41) is 6.77. The molecule has 0 atom stereocenters. The topological polar surface area (TPSA) is 79.8 Å². The van der Waals surface area contributed by atoms with Crippen molar-refractivity contribution in [3.63, 3.8) is 0 Å². The average molecular weight is 359 g/mol. The Bertz CT molecular complexity index is 1090. The highest BCUT2D eigenvalue weighted by molar-refractivity contribution is 6.03. The highest BCUT2D eigenvalue weighted by Gasteiger charge is 2.09. The van der Waals surface area contributed by atoms with Crippen molar-refractivity contribution in [1.29, 1.82) is 0 Å². The molecule has 7 heteroatoms. The minimum atomic E-state index is -0.375. The lowest BCUT2D eigenvalue weighted by atomic mass is 10.2. The Kier molecular flexibility index (Phi) is 4.40. The smallest absolute Gasteiger partial charge is 0.258 e. The van der Waals surface area contributed by atoms with E-state index in [9.17, 15) is 9.18 Å². The predicted molar refractivity (Wildman–Crippen MR) is 101 cm³/mol. The summed E-state index contributed by atoms with van der Waals surface area (Å²) in [7, 11) is 0. The van der Waals surface area contributed by atoms with Gasteiger partial charge < -0.3 is 10.6 Å². The van der Waals surface area contributed by atoms with Crippen molar-refractivity contribution in [2.24, 2.45) is 0 Å². The zero-order chi connectivity index (χ0) is 18.6. The number of amides is 1. The van der Waals surface area contributed by atoms with Gasteiger partial charge >= 0.3 is 0 Å². The Labute approximate surface area is 154 Å². The molecule has 4 rings (SSSR count). The monoisotopic (exact) mass is 359 g/mol. The van der Waals surface area contributed by atoms with Gasteiger partial charge in [-0.2, -0.15) is 0 Å². The van der Waals surface area contributed by atoms with Crippen LogP contribution >= 0.6 is 0 Å². The Hall–Kier alpha value is -3.87. The normalized spacial score (nSPS) is 10.6. The van der Waals surface area contributed by atoms with Crippen molar-refractivity contribution in [1.82, 2.24) is 15.0 Å². The first-order valence-electron chi connectivity index (χ1n) is 8.19. The van der Waals surface area contributed by atoms with E-state index in [-0.39, 0.29) is 11.7 Å². The SMILES string of the molecule is O=C(Nc1ccc(F)cc1)c1cnc(Nc2cccc3cccnc23)nc1. The number of nitrogens with zero attached hydrogens (tertiary/aromatic N) is 3. The largest absolute Gasteiger partial charge is 0.322 e. The van der Waals surface area contributed by atoms with E-state index in [1.54, 1.807) is 6.20 Å². The first-order chi connectivity index (χ1) is 13.2. The van der Waals surface area contributed by atoms with E-state index in [1.165, 1.54) is 36.7 Å². The third kappa shape index (κ3) is 3.72. The van der Waals surface area contributed by atoms with Crippen LogP contribution in [0.15, 0.2) is 73.2 Å². The minimum Gasteiger partial charge on any atom is -0.322 e. The van der Waals surface area contributed by atoms with Crippen LogP contribution in [0.5, 0.6) is 0 Å². The predicted octanol–water partition coefficient (Wildman–Crippen LogP) is 4.16. The van der Waals surface area contributed by atoms with E-state index in [2.05, 4.69) is 25.6 Å². The molecular weight excluding hydrogens is 345 g/mol. The third-order valence-corrected chi connectivity index (χ3v) is 3.90. The number of nitrogens with one attached hydrogen (secondary N) is 2.